The van der Waals surface area contributed by atoms with Gasteiger partial charge in [0.2, 0.25) is 0 Å². The first-order chi connectivity index (χ1) is 10.1. The maximum Gasteiger partial charge on any atom is 0.272 e. The molecule has 2 aromatic rings. The van der Waals surface area contributed by atoms with Crippen LogP contribution in [0.5, 0.6) is 0 Å². The summed E-state index contributed by atoms with van der Waals surface area (Å²) in [7, 11) is 0. The molecule has 1 fully saturated rings. The molecule has 1 amide bonds. The van der Waals surface area contributed by atoms with Crippen LogP contribution in [-0.2, 0) is 0 Å². The zero-order valence-corrected chi connectivity index (χ0v) is 11.5. The highest BCUT2D eigenvalue weighted by Crippen LogP contribution is 2.24. The van der Waals surface area contributed by atoms with Crippen LogP contribution in [0.2, 0.25) is 0 Å². The molecule has 2 unspecified atom stereocenters. The highest BCUT2D eigenvalue weighted by Gasteiger charge is 2.23. The average molecular weight is 287 g/mol. The van der Waals surface area contributed by atoms with E-state index in [2.05, 4.69) is 15.5 Å². The molecule has 3 N–H and O–H groups in total. The number of rotatable bonds is 3. The molecule has 0 saturated heterocycles. The number of aromatic nitrogens is 2. The maximum absolute atomic E-state index is 12.3. The Balaban J connectivity index is 1.79. The Labute approximate surface area is 121 Å². The van der Waals surface area contributed by atoms with Gasteiger partial charge >= 0.3 is 0 Å². The van der Waals surface area contributed by atoms with Crippen LogP contribution < -0.4 is 10.9 Å². The van der Waals surface area contributed by atoms with E-state index in [1.807, 2.05) is 0 Å². The smallest absolute Gasteiger partial charge is 0.272 e. The van der Waals surface area contributed by atoms with E-state index in [4.69, 9.17) is 0 Å². The van der Waals surface area contributed by atoms with Crippen molar-refractivity contribution in [3.8, 4) is 0 Å². The predicted molar refractivity (Wildman–Crippen MR) is 78.0 cm³/mol. The minimum atomic E-state index is -0.305. The summed E-state index contributed by atoms with van der Waals surface area (Å²) in [5.74, 6) is 0.00168. The normalized spacial score (nSPS) is 21.6. The van der Waals surface area contributed by atoms with Crippen molar-refractivity contribution < 1.29 is 9.90 Å². The fourth-order valence-electron chi connectivity index (χ4n) is 2.84. The van der Waals surface area contributed by atoms with Crippen LogP contribution in [0.15, 0.2) is 29.1 Å². The lowest BCUT2D eigenvalue weighted by Crippen LogP contribution is -2.30. The molecule has 2 atom stereocenters. The SMILES string of the molecule is O=C(NCC1CCC(O)C1)c1n[nH]c(=O)c2ccccc12. The molecule has 0 radical (unpaired) electrons. The average Bonchev–Trinajstić information content (AvgIpc) is 2.91. The van der Waals surface area contributed by atoms with E-state index in [9.17, 15) is 14.7 Å². The molecule has 6 nitrogen and oxygen atoms in total. The first kappa shape index (κ1) is 13.8. The molecule has 110 valence electrons. The van der Waals surface area contributed by atoms with Crippen LogP contribution in [0.25, 0.3) is 10.8 Å². The van der Waals surface area contributed by atoms with Crippen molar-refractivity contribution in [2.24, 2.45) is 5.92 Å². The number of carbonyl (C=O) groups is 1. The third kappa shape index (κ3) is 2.80. The first-order valence-corrected chi connectivity index (χ1v) is 7.09. The molecular weight excluding hydrogens is 270 g/mol. The largest absolute Gasteiger partial charge is 0.393 e. The second kappa shape index (κ2) is 5.65. The van der Waals surface area contributed by atoms with Gasteiger partial charge in [0.1, 0.15) is 0 Å². The van der Waals surface area contributed by atoms with Crippen molar-refractivity contribution in [2.75, 3.05) is 6.54 Å². The quantitative estimate of drug-likeness (QED) is 0.778. The number of H-pyrrole nitrogens is 1. The first-order valence-electron chi connectivity index (χ1n) is 7.09. The Morgan fingerprint density at radius 2 is 2.10 bits per heavy atom. The molecule has 1 aliphatic carbocycles. The summed E-state index contributed by atoms with van der Waals surface area (Å²) in [6.45, 7) is 0.519. The number of nitrogens with one attached hydrogen (secondary N) is 2. The number of hydrogen-bond donors (Lipinski definition) is 3. The fourth-order valence-corrected chi connectivity index (χ4v) is 2.84. The van der Waals surface area contributed by atoms with Crippen LogP contribution in [0.1, 0.15) is 29.8 Å². The van der Waals surface area contributed by atoms with Crippen molar-refractivity contribution in [2.45, 2.75) is 25.4 Å². The minimum Gasteiger partial charge on any atom is -0.393 e. The molecule has 1 saturated carbocycles. The van der Waals surface area contributed by atoms with Gasteiger partial charge in [0, 0.05) is 11.9 Å². The molecule has 1 heterocycles. The van der Waals surface area contributed by atoms with Gasteiger partial charge in [-0.3, -0.25) is 9.59 Å². The molecule has 1 aliphatic rings. The van der Waals surface area contributed by atoms with E-state index in [1.165, 1.54) is 0 Å². The Bertz CT molecular complexity index is 725. The second-order valence-electron chi connectivity index (χ2n) is 5.49. The molecule has 0 spiro atoms. The summed E-state index contributed by atoms with van der Waals surface area (Å²) >= 11 is 0. The zero-order valence-electron chi connectivity index (χ0n) is 11.5. The van der Waals surface area contributed by atoms with E-state index in [1.54, 1.807) is 24.3 Å². The van der Waals surface area contributed by atoms with Crippen molar-refractivity contribution >= 4 is 16.7 Å². The molecular formula is C15H17N3O3. The number of aliphatic hydroxyl groups excluding tert-OH is 1. The van der Waals surface area contributed by atoms with Gasteiger partial charge in [-0.1, -0.05) is 18.2 Å². The number of carbonyl (C=O) groups excluding carboxylic acids is 1. The topological polar surface area (TPSA) is 95.1 Å². The van der Waals surface area contributed by atoms with Gasteiger partial charge in [-0.05, 0) is 31.2 Å². The van der Waals surface area contributed by atoms with Gasteiger partial charge in [0.05, 0.1) is 11.5 Å². The highest BCUT2D eigenvalue weighted by molar-refractivity contribution is 6.04. The molecule has 1 aromatic carbocycles. The lowest BCUT2D eigenvalue weighted by atomic mass is 10.1. The van der Waals surface area contributed by atoms with Gasteiger partial charge in [-0.2, -0.15) is 5.10 Å². The standard InChI is InChI=1S/C15H17N3O3/c19-10-6-5-9(7-10)8-16-15(21)13-11-3-1-2-4-12(11)14(20)18-17-13/h1-4,9-10,19H,5-8H2,(H,16,21)(H,18,20). The molecule has 0 aliphatic heterocycles. The number of amides is 1. The third-order valence-corrected chi connectivity index (χ3v) is 3.98. The number of hydrogen-bond acceptors (Lipinski definition) is 4. The van der Waals surface area contributed by atoms with Crippen LogP contribution in [0, 0.1) is 5.92 Å². The molecule has 21 heavy (non-hydrogen) atoms. The second-order valence-corrected chi connectivity index (χ2v) is 5.49. The molecule has 6 heteroatoms. The third-order valence-electron chi connectivity index (χ3n) is 3.98. The summed E-state index contributed by atoms with van der Waals surface area (Å²) in [4.78, 5) is 23.9. The molecule has 3 rings (SSSR count). The van der Waals surface area contributed by atoms with Crippen LogP contribution in [0.3, 0.4) is 0 Å². The van der Waals surface area contributed by atoms with E-state index in [0.29, 0.717) is 23.2 Å². The number of fused-ring (bicyclic) bond motifs is 1. The summed E-state index contributed by atoms with van der Waals surface area (Å²) in [6, 6.07) is 6.90. The van der Waals surface area contributed by atoms with Crippen LogP contribution >= 0.6 is 0 Å². The maximum atomic E-state index is 12.3. The monoisotopic (exact) mass is 287 g/mol. The fraction of sp³-hybridized carbons (Fsp3) is 0.400. The van der Waals surface area contributed by atoms with Crippen molar-refractivity contribution in [1.82, 2.24) is 15.5 Å². The van der Waals surface area contributed by atoms with Crippen molar-refractivity contribution in [3.63, 3.8) is 0 Å². The van der Waals surface area contributed by atoms with E-state index in [-0.39, 0.29) is 23.3 Å². The summed E-state index contributed by atoms with van der Waals surface area (Å²) in [6.07, 6.45) is 2.18. The predicted octanol–water partition coefficient (Wildman–Crippen LogP) is 0.814. The van der Waals surface area contributed by atoms with Crippen molar-refractivity contribution in [1.29, 1.82) is 0 Å². The lowest BCUT2D eigenvalue weighted by Gasteiger charge is -2.11. The van der Waals surface area contributed by atoms with E-state index < -0.39 is 0 Å². The summed E-state index contributed by atoms with van der Waals surface area (Å²) in [5, 5.41) is 19.5. The van der Waals surface area contributed by atoms with E-state index in [0.717, 1.165) is 19.3 Å². The zero-order chi connectivity index (χ0) is 14.8. The number of aromatic amines is 1. The number of aliphatic hydroxyl groups is 1. The van der Waals surface area contributed by atoms with Gasteiger partial charge in [0.25, 0.3) is 11.5 Å². The summed E-state index contributed by atoms with van der Waals surface area (Å²) in [5.41, 5.74) is -0.0789. The van der Waals surface area contributed by atoms with Gasteiger partial charge in [-0.25, -0.2) is 5.10 Å². The van der Waals surface area contributed by atoms with E-state index >= 15 is 0 Å². The Morgan fingerprint density at radius 1 is 1.33 bits per heavy atom. The minimum absolute atomic E-state index is 0.226. The highest BCUT2D eigenvalue weighted by atomic mass is 16.3. The lowest BCUT2D eigenvalue weighted by molar-refractivity contribution is 0.0941. The Kier molecular flexibility index (Phi) is 3.70. The van der Waals surface area contributed by atoms with Gasteiger partial charge in [-0.15, -0.1) is 0 Å². The Morgan fingerprint density at radius 3 is 2.81 bits per heavy atom. The number of benzene rings is 1. The Hall–Kier alpha value is -2.21. The van der Waals surface area contributed by atoms with Gasteiger partial charge < -0.3 is 10.4 Å². The van der Waals surface area contributed by atoms with Crippen LogP contribution in [-0.4, -0.2) is 33.9 Å². The molecule has 0 bridgehead atoms. The summed E-state index contributed by atoms with van der Waals surface area (Å²) < 4.78 is 0. The van der Waals surface area contributed by atoms with Gasteiger partial charge in [0.15, 0.2) is 5.69 Å². The van der Waals surface area contributed by atoms with Crippen LogP contribution in [0.4, 0.5) is 0 Å². The number of nitrogens with zero attached hydrogens (tertiary/aromatic N) is 1. The van der Waals surface area contributed by atoms with Crippen molar-refractivity contribution in [3.05, 3.63) is 40.3 Å². The molecule has 1 aromatic heterocycles.